The molecule has 0 spiro atoms. The van der Waals surface area contributed by atoms with Gasteiger partial charge in [-0.2, -0.15) is 0 Å². The van der Waals surface area contributed by atoms with Crippen LogP contribution < -0.4 is 4.90 Å². The van der Waals surface area contributed by atoms with Gasteiger partial charge < -0.3 is 14.4 Å². The fourth-order valence-corrected chi connectivity index (χ4v) is 4.76. The first-order valence-corrected chi connectivity index (χ1v) is 10.5. The van der Waals surface area contributed by atoms with Gasteiger partial charge in [-0.05, 0) is 48.2 Å². The average molecular weight is 445 g/mol. The zero-order chi connectivity index (χ0) is 19.7. The third-order valence-corrected chi connectivity index (χ3v) is 6.11. The maximum atomic E-state index is 12.3. The first-order valence-electron chi connectivity index (χ1n) is 9.68. The Bertz CT molecular complexity index is 873. The molecule has 0 bridgehead atoms. The van der Waals surface area contributed by atoms with Crippen molar-refractivity contribution in [2.75, 3.05) is 38.3 Å². The van der Waals surface area contributed by atoms with Crippen LogP contribution in [0.5, 0.6) is 0 Å². The third kappa shape index (κ3) is 3.56. The third-order valence-electron chi connectivity index (χ3n) is 5.62. The van der Waals surface area contributed by atoms with Gasteiger partial charge in [-0.15, -0.1) is 0 Å². The minimum absolute atomic E-state index is 0.167. The van der Waals surface area contributed by atoms with Crippen LogP contribution in [0.3, 0.4) is 0 Å². The highest BCUT2D eigenvalue weighted by molar-refractivity contribution is 9.10. The molecule has 2 aromatic carbocycles. The van der Waals surface area contributed by atoms with Gasteiger partial charge in [0.25, 0.3) is 0 Å². The molecule has 2 unspecified atom stereocenters. The Kier molecular flexibility index (Phi) is 5.71. The summed E-state index contributed by atoms with van der Waals surface area (Å²) < 4.78 is 11.8. The molecule has 5 nitrogen and oxygen atoms in total. The van der Waals surface area contributed by atoms with E-state index in [0.717, 1.165) is 24.0 Å². The van der Waals surface area contributed by atoms with Crippen molar-refractivity contribution in [3.8, 4) is 0 Å². The summed E-state index contributed by atoms with van der Waals surface area (Å²) in [4.78, 5) is 16.9. The number of anilines is 1. The predicted octanol–water partition coefficient (Wildman–Crippen LogP) is 3.75. The van der Waals surface area contributed by atoms with E-state index in [1.54, 1.807) is 0 Å². The van der Waals surface area contributed by atoms with Crippen molar-refractivity contribution in [1.82, 2.24) is 4.90 Å². The number of piperazine rings is 1. The molecule has 148 valence electrons. The van der Waals surface area contributed by atoms with Crippen LogP contribution in [-0.2, 0) is 20.7 Å². The van der Waals surface area contributed by atoms with E-state index in [1.807, 2.05) is 6.92 Å². The van der Waals surface area contributed by atoms with Gasteiger partial charge in [-0.25, -0.2) is 4.79 Å². The SMILES string of the molecule is CCOC(C(=O)OC)N1CCN2c3ccc(Br)cc3Cc3ccccc3C2C1. The van der Waals surface area contributed by atoms with Crippen LogP contribution in [0, 0.1) is 0 Å². The Morgan fingerprint density at radius 1 is 1.21 bits per heavy atom. The van der Waals surface area contributed by atoms with Gasteiger partial charge in [0.15, 0.2) is 0 Å². The summed E-state index contributed by atoms with van der Waals surface area (Å²) in [6.07, 6.45) is 0.251. The highest BCUT2D eigenvalue weighted by atomic mass is 79.9. The molecule has 2 aliphatic rings. The summed E-state index contributed by atoms with van der Waals surface area (Å²) in [6.45, 7) is 4.66. The van der Waals surface area contributed by atoms with E-state index in [9.17, 15) is 4.79 Å². The lowest BCUT2D eigenvalue weighted by Gasteiger charge is -2.44. The monoisotopic (exact) mass is 444 g/mol. The van der Waals surface area contributed by atoms with Crippen LogP contribution in [0.15, 0.2) is 46.9 Å². The van der Waals surface area contributed by atoms with E-state index in [-0.39, 0.29) is 12.0 Å². The van der Waals surface area contributed by atoms with Gasteiger partial charge in [0.05, 0.1) is 13.2 Å². The number of halogens is 1. The van der Waals surface area contributed by atoms with E-state index in [0.29, 0.717) is 13.2 Å². The fourth-order valence-electron chi connectivity index (χ4n) is 4.35. The van der Waals surface area contributed by atoms with E-state index in [1.165, 1.54) is 29.5 Å². The summed E-state index contributed by atoms with van der Waals surface area (Å²) in [7, 11) is 1.42. The summed E-state index contributed by atoms with van der Waals surface area (Å²) in [6, 6.07) is 15.3. The van der Waals surface area contributed by atoms with Gasteiger partial charge in [0.1, 0.15) is 0 Å². The lowest BCUT2D eigenvalue weighted by atomic mass is 9.96. The van der Waals surface area contributed by atoms with Crippen LogP contribution >= 0.6 is 15.9 Å². The van der Waals surface area contributed by atoms with E-state index >= 15 is 0 Å². The smallest absolute Gasteiger partial charge is 0.350 e. The average Bonchev–Trinajstić information content (AvgIpc) is 2.85. The fraction of sp³-hybridized carbons (Fsp3) is 0.409. The molecule has 0 N–H and O–H groups in total. The normalized spacial score (nSPS) is 19.8. The van der Waals surface area contributed by atoms with E-state index in [4.69, 9.17) is 9.47 Å². The molecule has 2 aromatic rings. The van der Waals surface area contributed by atoms with Crippen LogP contribution in [0.4, 0.5) is 5.69 Å². The van der Waals surface area contributed by atoms with Crippen molar-refractivity contribution in [2.24, 2.45) is 0 Å². The molecular formula is C22H25BrN2O3. The first kappa shape index (κ1) is 19.4. The molecule has 0 saturated carbocycles. The van der Waals surface area contributed by atoms with Crippen molar-refractivity contribution >= 4 is 27.6 Å². The number of methoxy groups -OCH3 is 1. The Hall–Kier alpha value is -1.89. The molecule has 2 atom stereocenters. The summed E-state index contributed by atoms with van der Waals surface area (Å²) >= 11 is 3.62. The predicted molar refractivity (Wildman–Crippen MR) is 112 cm³/mol. The highest BCUT2D eigenvalue weighted by Gasteiger charge is 2.38. The van der Waals surface area contributed by atoms with Gasteiger partial charge in [0.2, 0.25) is 6.23 Å². The van der Waals surface area contributed by atoms with Crippen molar-refractivity contribution in [1.29, 1.82) is 0 Å². The van der Waals surface area contributed by atoms with Crippen molar-refractivity contribution < 1.29 is 14.3 Å². The summed E-state index contributed by atoms with van der Waals surface area (Å²) in [5.74, 6) is -0.332. The Morgan fingerprint density at radius 2 is 2.04 bits per heavy atom. The zero-order valence-corrected chi connectivity index (χ0v) is 17.8. The number of carbonyl (C=O) groups is 1. The quantitative estimate of drug-likeness (QED) is 0.671. The number of esters is 1. The number of benzene rings is 2. The van der Waals surface area contributed by atoms with Crippen molar-refractivity contribution in [3.05, 3.63) is 63.6 Å². The Labute approximate surface area is 174 Å². The molecule has 4 rings (SSSR count). The standard InChI is InChI=1S/C22H25BrN2O3/c1-3-28-21(22(26)27-2)24-10-11-25-19-9-8-17(23)13-16(19)12-15-6-4-5-7-18(15)20(25)14-24/h4-9,13,20-21H,3,10-12,14H2,1-2H3. The largest absolute Gasteiger partial charge is 0.466 e. The number of carbonyl (C=O) groups excluding carboxylic acids is 1. The molecule has 0 aromatic heterocycles. The minimum atomic E-state index is -0.656. The van der Waals surface area contributed by atoms with Gasteiger partial charge >= 0.3 is 5.97 Å². The molecule has 2 aliphatic heterocycles. The van der Waals surface area contributed by atoms with Crippen LogP contribution in [0.2, 0.25) is 0 Å². The maximum absolute atomic E-state index is 12.3. The van der Waals surface area contributed by atoms with Crippen molar-refractivity contribution in [3.63, 3.8) is 0 Å². The Morgan fingerprint density at radius 3 is 2.82 bits per heavy atom. The van der Waals surface area contributed by atoms with Gasteiger partial charge in [-0.3, -0.25) is 4.90 Å². The molecule has 0 amide bonds. The molecule has 6 heteroatoms. The molecular weight excluding hydrogens is 420 g/mol. The van der Waals surface area contributed by atoms with Gasteiger partial charge in [0, 0.05) is 36.4 Å². The lowest BCUT2D eigenvalue weighted by molar-refractivity contribution is -0.169. The van der Waals surface area contributed by atoms with Crippen LogP contribution in [0.25, 0.3) is 0 Å². The number of ether oxygens (including phenoxy) is 2. The van der Waals surface area contributed by atoms with Crippen LogP contribution in [-0.4, -0.2) is 50.4 Å². The number of fused-ring (bicyclic) bond motifs is 5. The van der Waals surface area contributed by atoms with E-state index < -0.39 is 6.23 Å². The molecule has 1 fully saturated rings. The number of nitrogens with zero attached hydrogens (tertiary/aromatic N) is 2. The molecule has 2 heterocycles. The molecule has 0 radical (unpaired) electrons. The van der Waals surface area contributed by atoms with Crippen LogP contribution in [0.1, 0.15) is 29.7 Å². The second-order valence-electron chi connectivity index (χ2n) is 7.18. The van der Waals surface area contributed by atoms with E-state index in [2.05, 4.69) is 68.2 Å². The summed E-state index contributed by atoms with van der Waals surface area (Å²) in [5, 5.41) is 0. The first-order chi connectivity index (χ1) is 13.6. The lowest BCUT2D eigenvalue weighted by Crippen LogP contribution is -2.55. The molecule has 0 aliphatic carbocycles. The molecule has 1 saturated heterocycles. The second kappa shape index (κ2) is 8.23. The Balaban J connectivity index is 1.73. The zero-order valence-electron chi connectivity index (χ0n) is 16.2. The highest BCUT2D eigenvalue weighted by Crippen LogP contribution is 2.40. The number of hydrogen-bond donors (Lipinski definition) is 0. The second-order valence-corrected chi connectivity index (χ2v) is 8.10. The molecule has 28 heavy (non-hydrogen) atoms. The number of hydrogen-bond acceptors (Lipinski definition) is 5. The number of rotatable bonds is 4. The van der Waals surface area contributed by atoms with Gasteiger partial charge in [-0.1, -0.05) is 40.2 Å². The minimum Gasteiger partial charge on any atom is -0.466 e. The van der Waals surface area contributed by atoms with Crippen molar-refractivity contribution in [2.45, 2.75) is 25.6 Å². The topological polar surface area (TPSA) is 42.0 Å². The maximum Gasteiger partial charge on any atom is 0.350 e. The summed E-state index contributed by atoms with van der Waals surface area (Å²) in [5.41, 5.74) is 5.25.